The number of rotatable bonds is 1. The van der Waals surface area contributed by atoms with Crippen LogP contribution in [0, 0.1) is 29.1 Å². The Kier molecular flexibility index (Phi) is 4.48. The van der Waals surface area contributed by atoms with Crippen LogP contribution >= 0.6 is 12.4 Å². The second-order valence-corrected chi connectivity index (χ2v) is 2.77. The molecule has 0 fully saturated rings. The smallest absolute Gasteiger partial charge is 0.200 e. The Balaban J connectivity index is 0.00000196. The largest absolute Gasteiger partial charge is 0.324 e. The molecule has 1 aromatic rings. The highest BCUT2D eigenvalue weighted by molar-refractivity contribution is 5.85. The monoisotopic (exact) mass is 247 g/mol. The molecule has 0 radical (unpaired) electrons. The fourth-order valence-electron chi connectivity index (χ4n) is 1.02. The summed E-state index contributed by atoms with van der Waals surface area (Å²) in [7, 11) is 0. The first-order valence-corrected chi connectivity index (χ1v) is 3.64. The lowest BCUT2D eigenvalue weighted by atomic mass is 10.1. The molecule has 1 rings (SSSR count). The summed E-state index contributed by atoms with van der Waals surface area (Å²) < 4.78 is 63.3. The summed E-state index contributed by atoms with van der Waals surface area (Å²) in [5.41, 5.74) is 4.07. The van der Waals surface area contributed by atoms with Gasteiger partial charge in [-0.3, -0.25) is 0 Å². The van der Waals surface area contributed by atoms with E-state index in [4.69, 9.17) is 5.73 Å². The predicted molar refractivity (Wildman–Crippen MR) is 46.1 cm³/mol. The highest BCUT2D eigenvalue weighted by Gasteiger charge is 2.26. The van der Waals surface area contributed by atoms with Crippen LogP contribution in [-0.2, 0) is 0 Å². The van der Waals surface area contributed by atoms with Gasteiger partial charge >= 0.3 is 0 Å². The molecule has 0 bridgehead atoms. The molecule has 0 amide bonds. The van der Waals surface area contributed by atoms with Gasteiger partial charge in [0.15, 0.2) is 23.3 Å². The van der Waals surface area contributed by atoms with Crippen molar-refractivity contribution in [2.75, 3.05) is 0 Å². The zero-order chi connectivity index (χ0) is 11.0. The first-order chi connectivity index (χ1) is 6.37. The van der Waals surface area contributed by atoms with E-state index in [1.165, 1.54) is 0 Å². The van der Waals surface area contributed by atoms with Crippen molar-refractivity contribution in [1.29, 1.82) is 0 Å². The average Bonchev–Trinajstić information content (AvgIpc) is 2.11. The summed E-state index contributed by atoms with van der Waals surface area (Å²) in [4.78, 5) is 0. The molecule has 1 atom stereocenters. The molecule has 1 nitrogen and oxygen atoms in total. The van der Waals surface area contributed by atoms with Crippen molar-refractivity contribution in [3.8, 4) is 0 Å². The van der Waals surface area contributed by atoms with Gasteiger partial charge in [-0.25, -0.2) is 22.0 Å². The van der Waals surface area contributed by atoms with E-state index < -0.39 is 40.7 Å². The van der Waals surface area contributed by atoms with E-state index >= 15 is 0 Å². The highest BCUT2D eigenvalue weighted by Crippen LogP contribution is 2.26. The van der Waals surface area contributed by atoms with Crippen molar-refractivity contribution < 1.29 is 22.0 Å². The molecule has 0 unspecified atom stereocenters. The third-order valence-electron chi connectivity index (χ3n) is 1.70. The van der Waals surface area contributed by atoms with Crippen LogP contribution in [0.5, 0.6) is 0 Å². The molecular formula is C8H7ClF5N. The van der Waals surface area contributed by atoms with Crippen LogP contribution in [-0.4, -0.2) is 0 Å². The highest BCUT2D eigenvalue weighted by atomic mass is 35.5. The van der Waals surface area contributed by atoms with Gasteiger partial charge in [0.25, 0.3) is 0 Å². The number of halogens is 6. The van der Waals surface area contributed by atoms with Crippen LogP contribution in [0.1, 0.15) is 18.5 Å². The van der Waals surface area contributed by atoms with Crippen molar-refractivity contribution in [3.63, 3.8) is 0 Å². The van der Waals surface area contributed by atoms with E-state index in [9.17, 15) is 22.0 Å². The van der Waals surface area contributed by atoms with E-state index in [2.05, 4.69) is 0 Å². The van der Waals surface area contributed by atoms with Gasteiger partial charge in [-0.1, -0.05) is 0 Å². The van der Waals surface area contributed by atoms with Crippen molar-refractivity contribution in [2.24, 2.45) is 5.73 Å². The van der Waals surface area contributed by atoms with Crippen molar-refractivity contribution in [3.05, 3.63) is 34.6 Å². The third-order valence-corrected chi connectivity index (χ3v) is 1.70. The summed E-state index contributed by atoms with van der Waals surface area (Å²) in [6.07, 6.45) is 0. The average molecular weight is 248 g/mol. The number of hydrogen-bond acceptors (Lipinski definition) is 1. The molecule has 0 aliphatic heterocycles. The molecule has 15 heavy (non-hydrogen) atoms. The lowest BCUT2D eigenvalue weighted by Gasteiger charge is -2.10. The lowest BCUT2D eigenvalue weighted by Crippen LogP contribution is -2.15. The molecule has 0 saturated carbocycles. The third kappa shape index (κ3) is 2.21. The Morgan fingerprint density at radius 1 is 0.800 bits per heavy atom. The molecule has 7 heteroatoms. The van der Waals surface area contributed by atoms with Gasteiger partial charge in [-0.2, -0.15) is 0 Å². The molecule has 2 N–H and O–H groups in total. The minimum atomic E-state index is -2.18. The fraction of sp³-hybridized carbons (Fsp3) is 0.250. The Hall–Kier alpha value is -0.880. The SMILES string of the molecule is C[C@@H](N)c1c(F)c(F)c(F)c(F)c1F.Cl. The molecule has 86 valence electrons. The summed E-state index contributed by atoms with van der Waals surface area (Å²) in [6, 6.07) is -1.26. The maximum absolute atomic E-state index is 12.9. The Morgan fingerprint density at radius 2 is 1.07 bits per heavy atom. The summed E-state index contributed by atoms with van der Waals surface area (Å²) in [5, 5.41) is 0. The van der Waals surface area contributed by atoms with Gasteiger partial charge in [0.1, 0.15) is 0 Å². The van der Waals surface area contributed by atoms with E-state index in [1.54, 1.807) is 0 Å². The molecule has 0 heterocycles. The standard InChI is InChI=1S/C8H6F5N.ClH/c1-2(14)3-4(9)6(11)8(13)7(12)5(3)10;/h2H,14H2,1H3;1H/t2-;/m1./s1. The van der Waals surface area contributed by atoms with Crippen LogP contribution in [0.3, 0.4) is 0 Å². The maximum Gasteiger partial charge on any atom is 0.200 e. The maximum atomic E-state index is 12.9. The first kappa shape index (κ1) is 14.1. The molecule has 0 aliphatic carbocycles. The fourth-order valence-corrected chi connectivity index (χ4v) is 1.02. The Bertz CT molecular complexity index is 351. The van der Waals surface area contributed by atoms with Gasteiger partial charge in [0.05, 0.1) is 0 Å². The zero-order valence-electron chi connectivity index (χ0n) is 7.45. The van der Waals surface area contributed by atoms with Crippen LogP contribution in [0.2, 0.25) is 0 Å². The van der Waals surface area contributed by atoms with E-state index in [-0.39, 0.29) is 12.4 Å². The second kappa shape index (κ2) is 4.76. The molecule has 0 spiro atoms. The Labute approximate surface area is 88.5 Å². The van der Waals surface area contributed by atoms with Crippen LogP contribution in [0.15, 0.2) is 0 Å². The number of hydrogen-bond donors (Lipinski definition) is 1. The van der Waals surface area contributed by atoms with Gasteiger partial charge < -0.3 is 5.73 Å². The first-order valence-electron chi connectivity index (χ1n) is 3.64. The van der Waals surface area contributed by atoms with E-state index in [0.29, 0.717) is 0 Å². The molecule has 0 aliphatic rings. The minimum Gasteiger partial charge on any atom is -0.324 e. The Morgan fingerprint density at radius 3 is 1.33 bits per heavy atom. The topological polar surface area (TPSA) is 26.0 Å². The second-order valence-electron chi connectivity index (χ2n) is 2.77. The normalized spacial score (nSPS) is 12.2. The molecular weight excluding hydrogens is 241 g/mol. The molecule has 0 aromatic heterocycles. The number of nitrogens with two attached hydrogens (primary N) is 1. The van der Waals surface area contributed by atoms with Gasteiger partial charge in [-0.05, 0) is 6.92 Å². The van der Waals surface area contributed by atoms with Crippen LogP contribution < -0.4 is 5.73 Å². The summed E-state index contributed by atoms with van der Waals surface area (Å²) >= 11 is 0. The quantitative estimate of drug-likeness (QED) is 0.461. The van der Waals surface area contributed by atoms with E-state index in [1.807, 2.05) is 0 Å². The van der Waals surface area contributed by atoms with Gasteiger partial charge in [0, 0.05) is 11.6 Å². The van der Waals surface area contributed by atoms with Crippen LogP contribution in [0.4, 0.5) is 22.0 Å². The number of benzene rings is 1. The summed E-state index contributed by atoms with van der Waals surface area (Å²) in [5.74, 6) is -9.88. The molecule has 0 saturated heterocycles. The van der Waals surface area contributed by atoms with Crippen molar-refractivity contribution in [2.45, 2.75) is 13.0 Å². The van der Waals surface area contributed by atoms with Gasteiger partial charge in [-0.15, -0.1) is 12.4 Å². The van der Waals surface area contributed by atoms with Gasteiger partial charge in [0.2, 0.25) is 5.82 Å². The van der Waals surface area contributed by atoms with Crippen molar-refractivity contribution in [1.82, 2.24) is 0 Å². The van der Waals surface area contributed by atoms with Crippen molar-refractivity contribution >= 4 is 12.4 Å². The van der Waals surface area contributed by atoms with Crippen LogP contribution in [0.25, 0.3) is 0 Å². The predicted octanol–water partition coefficient (Wildman–Crippen LogP) is 2.82. The lowest BCUT2D eigenvalue weighted by molar-refractivity contribution is 0.366. The summed E-state index contributed by atoms with van der Waals surface area (Å²) in [6.45, 7) is 1.12. The zero-order valence-corrected chi connectivity index (χ0v) is 8.27. The minimum absolute atomic E-state index is 0. The van der Waals surface area contributed by atoms with E-state index in [0.717, 1.165) is 6.92 Å². The molecule has 1 aromatic carbocycles.